The maximum absolute atomic E-state index is 6.60. The minimum Gasteiger partial charge on any atom is -0.455 e. The first-order valence-electron chi connectivity index (χ1n) is 14.4. The lowest BCUT2D eigenvalue weighted by Crippen LogP contribution is -2.00. The van der Waals surface area contributed by atoms with Crippen LogP contribution in [0.3, 0.4) is 0 Å². The van der Waals surface area contributed by atoms with E-state index in [4.69, 9.17) is 31.0 Å². The summed E-state index contributed by atoms with van der Waals surface area (Å²) in [5.74, 6) is 1.83. The zero-order valence-electron chi connectivity index (χ0n) is 23.5. The number of furan rings is 1. The van der Waals surface area contributed by atoms with E-state index in [9.17, 15) is 0 Å². The zero-order valence-corrected chi connectivity index (χ0v) is 24.2. The van der Waals surface area contributed by atoms with Gasteiger partial charge in [-0.1, -0.05) is 121 Å². The van der Waals surface area contributed by atoms with Gasteiger partial charge in [0.25, 0.3) is 0 Å². The average Bonchev–Trinajstić information content (AvgIpc) is 3.48. The van der Waals surface area contributed by atoms with Gasteiger partial charge in [-0.3, -0.25) is 0 Å². The Labute approximate surface area is 259 Å². The molecule has 5 heteroatoms. The van der Waals surface area contributed by atoms with Crippen LogP contribution in [0.5, 0.6) is 0 Å². The third-order valence-electron chi connectivity index (χ3n) is 7.80. The molecule has 4 nitrogen and oxygen atoms in total. The summed E-state index contributed by atoms with van der Waals surface area (Å²) < 4.78 is 6.60. The van der Waals surface area contributed by atoms with Crippen LogP contribution in [0.25, 0.3) is 78.4 Å². The van der Waals surface area contributed by atoms with Crippen molar-refractivity contribution in [1.82, 2.24) is 15.0 Å². The Bertz CT molecular complexity index is 2240. The summed E-state index contributed by atoms with van der Waals surface area (Å²) in [4.78, 5) is 14.9. The SMILES string of the molecule is Clc1cccc(-c2cccc(-c3ccc(-c4nc(-c5ccccc5)nc(-c5ccccc5)n4)c4c3oc3ccccc34)c2)c1. The third-order valence-corrected chi connectivity index (χ3v) is 8.03. The lowest BCUT2D eigenvalue weighted by Gasteiger charge is -2.11. The molecule has 2 heterocycles. The number of benzene rings is 6. The molecule has 0 bridgehead atoms. The van der Waals surface area contributed by atoms with Crippen molar-refractivity contribution in [3.63, 3.8) is 0 Å². The molecule has 0 radical (unpaired) electrons. The van der Waals surface area contributed by atoms with E-state index in [2.05, 4.69) is 48.5 Å². The Balaban J connectivity index is 1.37. The van der Waals surface area contributed by atoms with Crippen molar-refractivity contribution in [2.24, 2.45) is 0 Å². The van der Waals surface area contributed by atoms with Gasteiger partial charge in [0, 0.05) is 38.0 Å². The molecule has 8 rings (SSSR count). The summed E-state index contributed by atoms with van der Waals surface area (Å²) >= 11 is 6.32. The Hall–Kier alpha value is -5.58. The number of hydrogen-bond donors (Lipinski definition) is 0. The Morgan fingerprint density at radius 1 is 0.432 bits per heavy atom. The van der Waals surface area contributed by atoms with Gasteiger partial charge in [-0.2, -0.15) is 0 Å². The maximum Gasteiger partial charge on any atom is 0.164 e. The van der Waals surface area contributed by atoms with E-state index < -0.39 is 0 Å². The summed E-state index contributed by atoms with van der Waals surface area (Å²) in [6, 6.07) is 48.7. The van der Waals surface area contributed by atoms with E-state index in [0.717, 1.165) is 60.9 Å². The van der Waals surface area contributed by atoms with Crippen LogP contribution >= 0.6 is 11.6 Å². The van der Waals surface area contributed by atoms with Crippen LogP contribution in [0.2, 0.25) is 5.02 Å². The molecule has 0 spiro atoms. The van der Waals surface area contributed by atoms with E-state index in [1.54, 1.807) is 0 Å². The molecule has 0 aliphatic carbocycles. The van der Waals surface area contributed by atoms with E-state index in [1.807, 2.05) is 97.1 Å². The molecule has 8 aromatic rings. The number of nitrogens with zero attached hydrogens (tertiary/aromatic N) is 3. The summed E-state index contributed by atoms with van der Waals surface area (Å²) in [6.07, 6.45) is 0. The predicted octanol–water partition coefficient (Wildman–Crippen LogP) is 10.8. The van der Waals surface area contributed by atoms with Crippen molar-refractivity contribution in [2.75, 3.05) is 0 Å². The van der Waals surface area contributed by atoms with Crippen LogP contribution < -0.4 is 0 Å². The van der Waals surface area contributed by atoms with Crippen molar-refractivity contribution in [1.29, 1.82) is 0 Å². The number of hydrogen-bond acceptors (Lipinski definition) is 4. The lowest BCUT2D eigenvalue weighted by molar-refractivity contribution is 0.670. The normalized spacial score (nSPS) is 11.3. The molecule has 0 unspecified atom stereocenters. The van der Waals surface area contributed by atoms with Gasteiger partial charge in [0.2, 0.25) is 0 Å². The highest BCUT2D eigenvalue weighted by Crippen LogP contribution is 2.42. The first-order valence-corrected chi connectivity index (χ1v) is 14.8. The molecule has 0 saturated carbocycles. The van der Waals surface area contributed by atoms with E-state index in [0.29, 0.717) is 22.5 Å². The Morgan fingerprint density at radius 3 is 1.68 bits per heavy atom. The maximum atomic E-state index is 6.60. The zero-order chi connectivity index (χ0) is 29.5. The van der Waals surface area contributed by atoms with Gasteiger partial charge in [0.05, 0.1) is 0 Å². The van der Waals surface area contributed by atoms with Gasteiger partial charge >= 0.3 is 0 Å². The fourth-order valence-corrected chi connectivity index (χ4v) is 5.90. The minimum atomic E-state index is 0.591. The van der Waals surface area contributed by atoms with Crippen molar-refractivity contribution >= 4 is 33.5 Å². The molecular weight excluding hydrogens is 562 g/mol. The second-order valence-corrected chi connectivity index (χ2v) is 11.0. The molecule has 0 aliphatic rings. The predicted molar refractivity (Wildman–Crippen MR) is 179 cm³/mol. The van der Waals surface area contributed by atoms with Gasteiger partial charge in [-0.25, -0.2) is 15.0 Å². The largest absolute Gasteiger partial charge is 0.455 e. The number of aromatic nitrogens is 3. The summed E-state index contributed by atoms with van der Waals surface area (Å²) in [5, 5.41) is 2.68. The Morgan fingerprint density at radius 2 is 0.977 bits per heavy atom. The number of halogens is 1. The average molecular weight is 586 g/mol. The summed E-state index contributed by atoms with van der Waals surface area (Å²) in [5.41, 5.74) is 8.51. The second-order valence-electron chi connectivity index (χ2n) is 10.6. The van der Waals surface area contributed by atoms with E-state index in [-0.39, 0.29) is 0 Å². The van der Waals surface area contributed by atoms with Crippen molar-refractivity contribution in [3.8, 4) is 56.4 Å². The van der Waals surface area contributed by atoms with Crippen LogP contribution in [-0.4, -0.2) is 15.0 Å². The van der Waals surface area contributed by atoms with Gasteiger partial charge in [-0.15, -0.1) is 0 Å². The van der Waals surface area contributed by atoms with E-state index >= 15 is 0 Å². The molecule has 0 atom stereocenters. The van der Waals surface area contributed by atoms with Gasteiger partial charge in [-0.05, 0) is 53.1 Å². The molecule has 2 aromatic heterocycles. The first-order chi connectivity index (χ1) is 21.7. The molecule has 0 saturated heterocycles. The minimum absolute atomic E-state index is 0.591. The molecule has 0 aliphatic heterocycles. The highest BCUT2D eigenvalue weighted by molar-refractivity contribution is 6.30. The quantitative estimate of drug-likeness (QED) is 0.201. The molecule has 6 aromatic carbocycles. The Kier molecular flexibility index (Phi) is 6.47. The molecule has 44 heavy (non-hydrogen) atoms. The first kappa shape index (κ1) is 26.1. The van der Waals surface area contributed by atoms with Gasteiger partial charge in [0.1, 0.15) is 11.2 Å². The molecule has 208 valence electrons. The lowest BCUT2D eigenvalue weighted by atomic mass is 9.95. The number of para-hydroxylation sites is 1. The summed E-state index contributed by atoms with van der Waals surface area (Å²) in [7, 11) is 0. The van der Waals surface area contributed by atoms with E-state index in [1.165, 1.54) is 0 Å². The standard InChI is InChI=1S/C39H24ClN3O/c40-30-18-10-16-28(24-30)27-15-9-17-29(23-27)31-21-22-33(35-32-19-7-8-20-34(32)44-36(31)35)39-42-37(25-11-3-1-4-12-25)41-38(43-39)26-13-5-2-6-14-26/h1-24H. The van der Waals surface area contributed by atoms with Gasteiger partial charge in [0.15, 0.2) is 17.5 Å². The van der Waals surface area contributed by atoms with Crippen LogP contribution in [0.15, 0.2) is 150 Å². The van der Waals surface area contributed by atoms with Crippen LogP contribution in [-0.2, 0) is 0 Å². The molecular formula is C39H24ClN3O. The van der Waals surface area contributed by atoms with Gasteiger partial charge < -0.3 is 4.42 Å². The molecule has 0 fully saturated rings. The fraction of sp³-hybridized carbons (Fsp3) is 0. The topological polar surface area (TPSA) is 51.8 Å². The van der Waals surface area contributed by atoms with Crippen LogP contribution in [0.4, 0.5) is 0 Å². The van der Waals surface area contributed by atoms with Crippen molar-refractivity contribution in [3.05, 3.63) is 151 Å². The fourth-order valence-electron chi connectivity index (χ4n) is 5.71. The molecule has 0 amide bonds. The smallest absolute Gasteiger partial charge is 0.164 e. The second kappa shape index (κ2) is 10.9. The van der Waals surface area contributed by atoms with Crippen LogP contribution in [0, 0.1) is 0 Å². The molecule has 0 N–H and O–H groups in total. The highest BCUT2D eigenvalue weighted by atomic mass is 35.5. The number of fused-ring (bicyclic) bond motifs is 3. The van der Waals surface area contributed by atoms with Crippen LogP contribution in [0.1, 0.15) is 0 Å². The van der Waals surface area contributed by atoms with Crippen molar-refractivity contribution < 1.29 is 4.42 Å². The number of rotatable bonds is 5. The monoisotopic (exact) mass is 585 g/mol. The van der Waals surface area contributed by atoms with Crippen molar-refractivity contribution in [2.45, 2.75) is 0 Å². The highest BCUT2D eigenvalue weighted by Gasteiger charge is 2.20. The summed E-state index contributed by atoms with van der Waals surface area (Å²) in [6.45, 7) is 0. The third kappa shape index (κ3) is 4.72.